The van der Waals surface area contributed by atoms with E-state index in [0.717, 1.165) is 24.2 Å². The van der Waals surface area contributed by atoms with Gasteiger partial charge < -0.3 is 10.6 Å². The van der Waals surface area contributed by atoms with Crippen LogP contribution >= 0.6 is 0 Å². The number of carbonyl (C=O) groups is 1. The van der Waals surface area contributed by atoms with Crippen molar-refractivity contribution >= 4 is 5.91 Å². The number of amides is 1. The van der Waals surface area contributed by atoms with Crippen LogP contribution in [0.15, 0.2) is 24.3 Å². The van der Waals surface area contributed by atoms with E-state index in [4.69, 9.17) is 5.73 Å². The van der Waals surface area contributed by atoms with Gasteiger partial charge in [0.15, 0.2) is 0 Å². The fourth-order valence-corrected chi connectivity index (χ4v) is 2.05. The average Bonchev–Trinajstić information content (AvgIpc) is 2.36. The lowest BCUT2D eigenvalue weighted by atomic mass is 10.0. The summed E-state index contributed by atoms with van der Waals surface area (Å²) in [5, 5.41) is 0. The van der Waals surface area contributed by atoms with Crippen LogP contribution in [0.5, 0.6) is 0 Å². The Morgan fingerprint density at radius 1 is 1.28 bits per heavy atom. The van der Waals surface area contributed by atoms with Crippen LogP contribution in [-0.4, -0.2) is 23.9 Å². The van der Waals surface area contributed by atoms with Gasteiger partial charge >= 0.3 is 0 Å². The molecule has 0 aliphatic rings. The third kappa shape index (κ3) is 4.15. The topological polar surface area (TPSA) is 46.3 Å². The summed E-state index contributed by atoms with van der Waals surface area (Å²) in [5.41, 5.74) is 7.80. The first-order valence-corrected chi connectivity index (χ1v) is 6.63. The molecule has 0 heterocycles. The van der Waals surface area contributed by atoms with E-state index in [0.29, 0.717) is 18.9 Å². The van der Waals surface area contributed by atoms with Crippen LogP contribution < -0.4 is 5.73 Å². The maximum absolute atomic E-state index is 12.2. The molecule has 100 valence electrons. The summed E-state index contributed by atoms with van der Waals surface area (Å²) in [6.45, 7) is 8.35. The zero-order chi connectivity index (χ0) is 13.5. The number of carbonyl (C=O) groups excluding carboxylic acids is 1. The van der Waals surface area contributed by atoms with Gasteiger partial charge in [0.25, 0.3) is 0 Å². The Bertz CT molecular complexity index is 388. The molecule has 3 heteroatoms. The highest BCUT2D eigenvalue weighted by Gasteiger charge is 2.14. The molecule has 0 aliphatic carbocycles. The molecule has 0 spiro atoms. The molecule has 1 aromatic rings. The van der Waals surface area contributed by atoms with Crippen LogP contribution in [0, 0.1) is 5.92 Å². The van der Waals surface area contributed by atoms with Crippen molar-refractivity contribution in [3.05, 3.63) is 35.4 Å². The average molecular weight is 248 g/mol. The first-order valence-electron chi connectivity index (χ1n) is 6.63. The Balaban J connectivity index is 2.73. The van der Waals surface area contributed by atoms with Gasteiger partial charge in [-0.1, -0.05) is 38.1 Å². The van der Waals surface area contributed by atoms with E-state index in [1.807, 2.05) is 36.1 Å². The quantitative estimate of drug-likeness (QED) is 0.839. The molecular weight excluding hydrogens is 224 g/mol. The van der Waals surface area contributed by atoms with Crippen LogP contribution in [0.2, 0.25) is 0 Å². The van der Waals surface area contributed by atoms with Crippen molar-refractivity contribution in [2.45, 2.75) is 33.7 Å². The molecule has 0 fully saturated rings. The van der Waals surface area contributed by atoms with Gasteiger partial charge in [-0.15, -0.1) is 0 Å². The number of nitrogens with two attached hydrogens (primary N) is 1. The zero-order valence-electron chi connectivity index (χ0n) is 11.6. The Hall–Kier alpha value is -1.35. The minimum atomic E-state index is 0.187. The lowest BCUT2D eigenvalue weighted by molar-refractivity contribution is -0.130. The van der Waals surface area contributed by atoms with Crippen molar-refractivity contribution in [2.75, 3.05) is 13.1 Å². The molecule has 0 aromatic heterocycles. The minimum Gasteiger partial charge on any atom is -0.342 e. The van der Waals surface area contributed by atoms with E-state index in [-0.39, 0.29) is 5.91 Å². The molecule has 0 unspecified atom stereocenters. The Kier molecular flexibility index (Phi) is 5.86. The Labute approximate surface area is 110 Å². The van der Waals surface area contributed by atoms with Gasteiger partial charge in [0.2, 0.25) is 5.91 Å². The highest BCUT2D eigenvalue weighted by Crippen LogP contribution is 2.11. The highest BCUT2D eigenvalue weighted by molar-refractivity contribution is 5.79. The molecule has 0 aliphatic heterocycles. The molecular formula is C15H24N2O. The summed E-state index contributed by atoms with van der Waals surface area (Å²) in [4.78, 5) is 14.1. The van der Waals surface area contributed by atoms with Crippen LogP contribution in [0.1, 0.15) is 31.9 Å². The summed E-state index contributed by atoms with van der Waals surface area (Å²) in [5.74, 6) is 0.686. The fourth-order valence-electron chi connectivity index (χ4n) is 2.05. The van der Waals surface area contributed by atoms with Crippen molar-refractivity contribution in [1.82, 2.24) is 4.90 Å². The fraction of sp³-hybridized carbons (Fsp3) is 0.533. The molecule has 2 N–H and O–H groups in total. The van der Waals surface area contributed by atoms with Crippen molar-refractivity contribution in [2.24, 2.45) is 11.7 Å². The monoisotopic (exact) mass is 248 g/mol. The predicted octanol–water partition coefficient (Wildman–Crippen LogP) is 2.19. The number of benzene rings is 1. The molecule has 1 rings (SSSR count). The van der Waals surface area contributed by atoms with Gasteiger partial charge in [-0.25, -0.2) is 0 Å². The third-order valence-corrected chi connectivity index (χ3v) is 3.00. The summed E-state index contributed by atoms with van der Waals surface area (Å²) in [6, 6.07) is 7.90. The molecule has 0 bridgehead atoms. The number of rotatable bonds is 6. The van der Waals surface area contributed by atoms with Gasteiger partial charge in [0.05, 0.1) is 6.42 Å². The van der Waals surface area contributed by atoms with Gasteiger partial charge in [0, 0.05) is 19.6 Å². The maximum Gasteiger partial charge on any atom is 0.227 e. The van der Waals surface area contributed by atoms with Gasteiger partial charge in [-0.3, -0.25) is 4.79 Å². The van der Waals surface area contributed by atoms with Gasteiger partial charge in [-0.05, 0) is 24.0 Å². The maximum atomic E-state index is 12.2. The van der Waals surface area contributed by atoms with Crippen LogP contribution in [-0.2, 0) is 17.8 Å². The van der Waals surface area contributed by atoms with Crippen LogP contribution in [0.4, 0.5) is 0 Å². The van der Waals surface area contributed by atoms with E-state index in [2.05, 4.69) is 13.8 Å². The van der Waals surface area contributed by atoms with E-state index in [1.54, 1.807) is 0 Å². The summed E-state index contributed by atoms with van der Waals surface area (Å²) in [6.07, 6.45) is 0.452. The normalized spacial score (nSPS) is 10.7. The van der Waals surface area contributed by atoms with Crippen molar-refractivity contribution in [3.8, 4) is 0 Å². The van der Waals surface area contributed by atoms with Crippen molar-refractivity contribution in [1.29, 1.82) is 0 Å². The second-order valence-electron chi connectivity index (χ2n) is 4.98. The van der Waals surface area contributed by atoms with Crippen molar-refractivity contribution < 1.29 is 4.79 Å². The van der Waals surface area contributed by atoms with Gasteiger partial charge in [-0.2, -0.15) is 0 Å². The number of hydrogen-bond donors (Lipinski definition) is 1. The molecule has 0 atom stereocenters. The lowest BCUT2D eigenvalue weighted by Gasteiger charge is -2.23. The lowest BCUT2D eigenvalue weighted by Crippen LogP contribution is -2.35. The smallest absolute Gasteiger partial charge is 0.227 e. The molecule has 0 saturated heterocycles. The number of hydrogen-bond acceptors (Lipinski definition) is 2. The van der Waals surface area contributed by atoms with E-state index >= 15 is 0 Å². The molecule has 0 saturated carbocycles. The SMILES string of the molecule is CCN(CC(C)C)C(=O)Cc1ccccc1CN. The second-order valence-corrected chi connectivity index (χ2v) is 4.98. The van der Waals surface area contributed by atoms with Gasteiger partial charge in [0.1, 0.15) is 0 Å². The minimum absolute atomic E-state index is 0.187. The number of nitrogens with zero attached hydrogens (tertiary/aromatic N) is 1. The van der Waals surface area contributed by atoms with Crippen LogP contribution in [0.25, 0.3) is 0 Å². The van der Waals surface area contributed by atoms with E-state index in [1.165, 1.54) is 0 Å². The van der Waals surface area contributed by atoms with E-state index in [9.17, 15) is 4.79 Å². The molecule has 18 heavy (non-hydrogen) atoms. The Morgan fingerprint density at radius 3 is 2.39 bits per heavy atom. The first kappa shape index (κ1) is 14.7. The summed E-state index contributed by atoms with van der Waals surface area (Å²) < 4.78 is 0. The Morgan fingerprint density at radius 2 is 1.89 bits per heavy atom. The van der Waals surface area contributed by atoms with Crippen LogP contribution in [0.3, 0.4) is 0 Å². The molecule has 1 amide bonds. The highest BCUT2D eigenvalue weighted by atomic mass is 16.2. The van der Waals surface area contributed by atoms with E-state index < -0.39 is 0 Å². The predicted molar refractivity (Wildman–Crippen MR) is 75.1 cm³/mol. The zero-order valence-corrected chi connectivity index (χ0v) is 11.6. The summed E-state index contributed by atoms with van der Waals surface area (Å²) in [7, 11) is 0. The number of likely N-dealkylation sites (N-methyl/N-ethyl adjacent to an activating group) is 1. The standard InChI is InChI=1S/C15H24N2O/c1-4-17(11-12(2)3)15(18)9-13-7-5-6-8-14(13)10-16/h5-8,12H,4,9-11,16H2,1-3H3. The second kappa shape index (κ2) is 7.17. The molecule has 0 radical (unpaired) electrons. The largest absolute Gasteiger partial charge is 0.342 e. The third-order valence-electron chi connectivity index (χ3n) is 3.00. The first-order chi connectivity index (χ1) is 8.58. The van der Waals surface area contributed by atoms with Crippen molar-refractivity contribution in [3.63, 3.8) is 0 Å². The molecule has 1 aromatic carbocycles. The summed E-state index contributed by atoms with van der Waals surface area (Å²) >= 11 is 0. The molecule has 3 nitrogen and oxygen atoms in total.